The van der Waals surface area contributed by atoms with E-state index < -0.39 is 0 Å². The topological polar surface area (TPSA) is 0 Å². The van der Waals surface area contributed by atoms with Crippen molar-refractivity contribution in [3.63, 3.8) is 0 Å². The summed E-state index contributed by atoms with van der Waals surface area (Å²) in [5.41, 5.74) is 0. The quantitative estimate of drug-likeness (QED) is 0.505. The molecule has 0 unspecified atom stereocenters. The zero-order valence-corrected chi connectivity index (χ0v) is 4.96. The number of halogens is 1. The molecule has 29 valence electrons. The molecule has 0 rings (SSSR count). The fourth-order valence-electron chi connectivity index (χ4n) is 0.109. The normalized spacial score (nSPS) is 7.60. The van der Waals surface area contributed by atoms with Crippen LogP contribution in [0.4, 0.5) is 0 Å². The van der Waals surface area contributed by atoms with Gasteiger partial charge >= 0.3 is 0 Å². The van der Waals surface area contributed by atoms with Crippen molar-refractivity contribution in [1.82, 2.24) is 0 Å². The van der Waals surface area contributed by atoms with Gasteiger partial charge in [-0.2, -0.15) is 15.8 Å². The highest BCUT2D eigenvalue weighted by Gasteiger charge is 1.74. The highest BCUT2D eigenvalue weighted by Crippen LogP contribution is 1.87. The van der Waals surface area contributed by atoms with Gasteiger partial charge < -0.3 is 0 Å². The molecule has 0 aliphatic carbocycles. The van der Waals surface area contributed by atoms with Crippen LogP contribution in [0.25, 0.3) is 0 Å². The molecule has 0 aromatic rings. The summed E-state index contributed by atoms with van der Waals surface area (Å²) in [5, 5.41) is 0. The molecule has 0 saturated heterocycles. The van der Waals surface area contributed by atoms with Crippen molar-refractivity contribution in [2.24, 2.45) is 0 Å². The molecule has 0 saturated carbocycles. The molecule has 0 atom stereocenters. The molecule has 0 fully saturated rings. The maximum atomic E-state index is 3.18. The van der Waals surface area contributed by atoms with Crippen LogP contribution < -0.4 is 0 Å². The Hall–Kier alpha value is 0.545. The van der Waals surface area contributed by atoms with Crippen molar-refractivity contribution in [3.8, 4) is 0 Å². The van der Waals surface area contributed by atoms with E-state index in [0.29, 0.717) is 0 Å². The van der Waals surface area contributed by atoms with E-state index in [1.807, 2.05) is 6.10 Å². The Morgan fingerprint density at radius 3 is 2.40 bits per heavy atom. The molecular weight excluding hydrogens is 127 g/mol. The van der Waals surface area contributed by atoms with Crippen LogP contribution in [0.3, 0.4) is 0 Å². The summed E-state index contributed by atoms with van der Waals surface area (Å²) in [6, 6.07) is 0. The zero-order valence-electron chi connectivity index (χ0n) is 3.37. The van der Waals surface area contributed by atoms with E-state index in [9.17, 15) is 0 Å². The highest BCUT2D eigenvalue weighted by atomic mass is 79.9. The number of hydrogen-bond acceptors (Lipinski definition) is 0. The molecule has 1 radical (unpaired) electrons. The van der Waals surface area contributed by atoms with E-state index in [4.69, 9.17) is 0 Å². The first-order valence-electron chi connectivity index (χ1n) is 1.83. The average Bonchev–Trinajstić information content (AvgIpc) is 1.41. The van der Waals surface area contributed by atoms with Gasteiger partial charge in [-0.25, -0.2) is 0 Å². The van der Waals surface area contributed by atoms with Crippen LogP contribution in [0.1, 0.15) is 13.3 Å². The van der Waals surface area contributed by atoms with Gasteiger partial charge in [-0.15, -0.1) is 0 Å². The summed E-state index contributed by atoms with van der Waals surface area (Å²) in [7, 11) is 0. The lowest BCUT2D eigenvalue weighted by molar-refractivity contribution is 1.08. The van der Waals surface area contributed by atoms with Crippen LogP contribution in [0, 0.1) is 0 Å². The van der Waals surface area contributed by atoms with Gasteiger partial charge in [-0.1, -0.05) is 19.7 Å². The molecule has 0 heterocycles. The first-order valence-corrected chi connectivity index (χ1v) is 2.75. The molecule has 2 heteroatoms. The summed E-state index contributed by atoms with van der Waals surface area (Å²) in [4.78, 5) is 0. The van der Waals surface area contributed by atoms with E-state index in [1.54, 1.807) is 0 Å². The second kappa shape index (κ2) is 4.54. The number of hydrogen-bond donors (Lipinski definition) is 0. The Morgan fingerprint density at radius 1 is 1.80 bits per heavy atom. The Labute approximate surface area is 42.2 Å². The van der Waals surface area contributed by atoms with Crippen molar-refractivity contribution in [2.75, 3.05) is 0 Å². The van der Waals surface area contributed by atoms with Gasteiger partial charge in [0.15, 0.2) is 0 Å². The van der Waals surface area contributed by atoms with Crippen LogP contribution in [-0.2, 0) is 0 Å². The first-order chi connectivity index (χ1) is 2.41. The summed E-state index contributed by atoms with van der Waals surface area (Å²) in [5.74, 6) is 0. The predicted octanol–water partition coefficient (Wildman–Crippen LogP) is 1.83. The lowest BCUT2D eigenvalue weighted by Gasteiger charge is -1.75. The van der Waals surface area contributed by atoms with Crippen LogP contribution in [0.15, 0.2) is 0 Å². The van der Waals surface area contributed by atoms with Crippen molar-refractivity contribution in [1.29, 1.82) is 0 Å². The largest absolute Gasteiger partial charge is 0.205 e. The number of rotatable bonds is 2. The third-order valence-corrected chi connectivity index (χ3v) is 0.856. The van der Waals surface area contributed by atoms with E-state index in [2.05, 4.69) is 22.7 Å². The molecule has 0 aliphatic heterocycles. The van der Waals surface area contributed by atoms with Crippen molar-refractivity contribution < 1.29 is 0 Å². The van der Waals surface area contributed by atoms with E-state index in [-0.39, 0.29) is 0 Å². The average molecular weight is 134 g/mol. The van der Waals surface area contributed by atoms with Gasteiger partial charge in [0, 0.05) is 0 Å². The van der Waals surface area contributed by atoms with Gasteiger partial charge in [0.25, 0.3) is 0 Å². The lowest BCUT2D eigenvalue weighted by Crippen LogP contribution is -1.68. The molecule has 0 amide bonds. The SMILES string of the molecule is CCC[B]Br. The van der Waals surface area contributed by atoms with E-state index >= 15 is 0 Å². The summed E-state index contributed by atoms with van der Waals surface area (Å²) in [6.45, 7) is 2.15. The van der Waals surface area contributed by atoms with Gasteiger partial charge in [0.2, 0.25) is 6.10 Å². The summed E-state index contributed by atoms with van der Waals surface area (Å²) in [6.07, 6.45) is 4.41. The first kappa shape index (κ1) is 5.54. The van der Waals surface area contributed by atoms with Gasteiger partial charge in [0.1, 0.15) is 0 Å². The van der Waals surface area contributed by atoms with Gasteiger partial charge in [-0.05, 0) is 0 Å². The van der Waals surface area contributed by atoms with Crippen LogP contribution in [-0.4, -0.2) is 6.10 Å². The molecule has 0 aromatic heterocycles. The molecule has 0 spiro atoms. The Balaban J connectivity index is 2.19. The third kappa shape index (κ3) is 4.54. The van der Waals surface area contributed by atoms with Gasteiger partial charge in [-0.3, -0.25) is 0 Å². The lowest BCUT2D eigenvalue weighted by atomic mass is 10.0. The zero-order chi connectivity index (χ0) is 4.12. The van der Waals surface area contributed by atoms with Crippen LogP contribution in [0.2, 0.25) is 6.32 Å². The molecule has 5 heavy (non-hydrogen) atoms. The standard InChI is InChI=1S/C3H7BBr/c1-2-3-4-5/h2-3H2,1H3. The maximum absolute atomic E-state index is 3.18. The summed E-state index contributed by atoms with van der Waals surface area (Å²) >= 11 is 3.18. The molecular formula is C3H7BBr. The van der Waals surface area contributed by atoms with Crippen molar-refractivity contribution in [2.45, 2.75) is 19.7 Å². The van der Waals surface area contributed by atoms with E-state index in [0.717, 1.165) is 0 Å². The van der Waals surface area contributed by atoms with Crippen molar-refractivity contribution >= 4 is 21.9 Å². The second-order valence-corrected chi connectivity index (χ2v) is 1.59. The summed E-state index contributed by atoms with van der Waals surface area (Å²) < 4.78 is 0. The Bertz CT molecular complexity index is 14.4. The molecule has 0 aromatic carbocycles. The molecule has 0 nitrogen and oxygen atoms in total. The molecule has 0 bridgehead atoms. The fraction of sp³-hybridized carbons (Fsp3) is 1.00. The second-order valence-electron chi connectivity index (χ2n) is 0.943. The molecule has 0 N–H and O–H groups in total. The van der Waals surface area contributed by atoms with Crippen molar-refractivity contribution in [3.05, 3.63) is 0 Å². The monoisotopic (exact) mass is 133 g/mol. The van der Waals surface area contributed by atoms with Crippen LogP contribution in [0.5, 0.6) is 0 Å². The van der Waals surface area contributed by atoms with Gasteiger partial charge in [0.05, 0.1) is 0 Å². The Kier molecular flexibility index (Phi) is 5.04. The highest BCUT2D eigenvalue weighted by molar-refractivity contribution is 9.23. The Morgan fingerprint density at radius 2 is 2.40 bits per heavy atom. The maximum Gasteiger partial charge on any atom is 0.205 e. The minimum atomic E-state index is 1.18. The molecule has 0 aliphatic rings. The minimum absolute atomic E-state index is 1.18. The van der Waals surface area contributed by atoms with Crippen LogP contribution >= 0.6 is 15.8 Å². The fourth-order valence-corrected chi connectivity index (χ4v) is 0.567. The third-order valence-electron chi connectivity index (χ3n) is 0.398. The van der Waals surface area contributed by atoms with E-state index in [1.165, 1.54) is 12.7 Å². The minimum Gasteiger partial charge on any atom is -0.166 e. The predicted molar refractivity (Wildman–Crippen MR) is 29.8 cm³/mol. The smallest absolute Gasteiger partial charge is 0.166 e.